The number of rotatable bonds is 3. The quantitative estimate of drug-likeness (QED) is 0.410. The van der Waals surface area contributed by atoms with Crippen molar-refractivity contribution < 1.29 is 14.3 Å². The number of Topliss-reactive ketones (excluding diaryl/α,β-unsaturated/α-hetero) is 1. The van der Waals surface area contributed by atoms with Crippen LogP contribution in [0.2, 0.25) is 0 Å². The van der Waals surface area contributed by atoms with Crippen molar-refractivity contribution in [3.05, 3.63) is 64.4 Å². The number of hydrogen-bond acceptors (Lipinski definition) is 4. The molecule has 0 N–H and O–H groups in total. The molecule has 0 unspecified atom stereocenters. The van der Waals surface area contributed by atoms with Crippen LogP contribution < -0.4 is 4.74 Å². The van der Waals surface area contributed by atoms with E-state index in [-0.39, 0.29) is 5.78 Å². The topological polar surface area (TPSA) is 43.4 Å². The van der Waals surface area contributed by atoms with Crippen LogP contribution in [-0.4, -0.2) is 11.8 Å². The lowest BCUT2D eigenvalue weighted by atomic mass is 10.0. The molecule has 0 spiro atoms. The second-order valence-electron chi connectivity index (χ2n) is 4.59. The van der Waals surface area contributed by atoms with Gasteiger partial charge in [0.1, 0.15) is 10.6 Å². The third-order valence-electron chi connectivity index (χ3n) is 3.18. The highest BCUT2D eigenvalue weighted by Gasteiger charge is 2.17. The smallest absolute Gasteiger partial charge is 0.353 e. The summed E-state index contributed by atoms with van der Waals surface area (Å²) in [7, 11) is 0. The molecular weight excluding hydrogens is 284 g/mol. The summed E-state index contributed by atoms with van der Waals surface area (Å²) >= 11 is 1.31. The van der Waals surface area contributed by atoms with Crippen LogP contribution in [0.5, 0.6) is 5.75 Å². The van der Waals surface area contributed by atoms with Gasteiger partial charge in [0.2, 0.25) is 0 Å². The third kappa shape index (κ3) is 2.58. The largest absolute Gasteiger partial charge is 0.421 e. The SMILES string of the molecule is CC(=O)c1ccc2ccccc2c1OC(=O)c1cccs1. The first-order valence-corrected chi connectivity index (χ1v) is 7.33. The van der Waals surface area contributed by atoms with Gasteiger partial charge in [-0.1, -0.05) is 36.4 Å². The van der Waals surface area contributed by atoms with Gasteiger partial charge in [-0.15, -0.1) is 11.3 Å². The monoisotopic (exact) mass is 296 g/mol. The van der Waals surface area contributed by atoms with Crippen molar-refractivity contribution >= 4 is 33.9 Å². The highest BCUT2D eigenvalue weighted by molar-refractivity contribution is 7.12. The molecule has 0 saturated carbocycles. The number of esters is 1. The summed E-state index contributed by atoms with van der Waals surface area (Å²) in [6.07, 6.45) is 0. The van der Waals surface area contributed by atoms with Crippen molar-refractivity contribution in [2.75, 3.05) is 0 Å². The maximum Gasteiger partial charge on any atom is 0.353 e. The van der Waals surface area contributed by atoms with Crippen molar-refractivity contribution in [1.29, 1.82) is 0 Å². The summed E-state index contributed by atoms with van der Waals surface area (Å²) in [5.41, 5.74) is 0.415. The minimum Gasteiger partial charge on any atom is -0.421 e. The van der Waals surface area contributed by atoms with Crippen LogP contribution in [0, 0.1) is 0 Å². The first-order chi connectivity index (χ1) is 10.2. The second kappa shape index (κ2) is 5.50. The van der Waals surface area contributed by atoms with Gasteiger partial charge in [0.25, 0.3) is 0 Å². The summed E-state index contributed by atoms with van der Waals surface area (Å²) < 4.78 is 5.52. The number of benzene rings is 2. The van der Waals surface area contributed by atoms with Crippen molar-refractivity contribution in [3.8, 4) is 5.75 Å². The summed E-state index contributed by atoms with van der Waals surface area (Å²) in [5, 5.41) is 3.50. The fraction of sp³-hybridized carbons (Fsp3) is 0.0588. The lowest BCUT2D eigenvalue weighted by molar-refractivity contribution is 0.0740. The molecule has 1 aromatic heterocycles. The zero-order valence-corrected chi connectivity index (χ0v) is 12.1. The van der Waals surface area contributed by atoms with E-state index in [1.807, 2.05) is 35.7 Å². The molecule has 0 amide bonds. The molecule has 3 aromatic rings. The molecule has 1 heterocycles. The molecule has 0 aliphatic heterocycles. The maximum atomic E-state index is 12.2. The van der Waals surface area contributed by atoms with E-state index in [4.69, 9.17) is 4.74 Å². The fourth-order valence-corrected chi connectivity index (χ4v) is 2.77. The molecular formula is C17H12O3S. The Morgan fingerprint density at radius 3 is 2.52 bits per heavy atom. The van der Waals surface area contributed by atoms with E-state index in [0.717, 1.165) is 10.8 Å². The number of carbonyl (C=O) groups is 2. The number of ether oxygens (including phenoxy) is 1. The molecule has 0 aliphatic carbocycles. The summed E-state index contributed by atoms with van der Waals surface area (Å²) in [4.78, 5) is 24.5. The average Bonchev–Trinajstić information content (AvgIpc) is 3.01. The van der Waals surface area contributed by atoms with E-state index in [0.29, 0.717) is 16.2 Å². The van der Waals surface area contributed by atoms with E-state index >= 15 is 0 Å². The zero-order valence-electron chi connectivity index (χ0n) is 11.3. The highest BCUT2D eigenvalue weighted by Crippen LogP contribution is 2.31. The average molecular weight is 296 g/mol. The minimum atomic E-state index is -0.441. The second-order valence-corrected chi connectivity index (χ2v) is 5.53. The van der Waals surface area contributed by atoms with Crippen LogP contribution in [0.25, 0.3) is 10.8 Å². The fourth-order valence-electron chi connectivity index (χ4n) is 2.17. The van der Waals surface area contributed by atoms with Gasteiger partial charge in [0.15, 0.2) is 5.78 Å². The molecule has 4 heteroatoms. The van der Waals surface area contributed by atoms with E-state index in [2.05, 4.69) is 0 Å². The predicted octanol–water partition coefficient (Wildman–Crippen LogP) is 4.32. The lowest BCUT2D eigenvalue weighted by Crippen LogP contribution is -2.10. The van der Waals surface area contributed by atoms with Crippen LogP contribution in [0.4, 0.5) is 0 Å². The van der Waals surface area contributed by atoms with Gasteiger partial charge >= 0.3 is 5.97 Å². The van der Waals surface area contributed by atoms with Crippen molar-refractivity contribution in [3.63, 3.8) is 0 Å². The first-order valence-electron chi connectivity index (χ1n) is 6.45. The zero-order chi connectivity index (χ0) is 14.8. The van der Waals surface area contributed by atoms with Crippen molar-refractivity contribution in [2.24, 2.45) is 0 Å². The molecule has 0 saturated heterocycles. The molecule has 21 heavy (non-hydrogen) atoms. The molecule has 0 aliphatic rings. The first kappa shape index (κ1) is 13.5. The molecule has 3 rings (SSSR count). The summed E-state index contributed by atoms with van der Waals surface area (Å²) in [6, 6.07) is 14.6. The number of fused-ring (bicyclic) bond motifs is 1. The van der Waals surface area contributed by atoms with Crippen LogP contribution in [-0.2, 0) is 0 Å². The van der Waals surface area contributed by atoms with E-state index in [9.17, 15) is 9.59 Å². The predicted molar refractivity (Wildman–Crippen MR) is 83.2 cm³/mol. The molecule has 0 fully saturated rings. The Morgan fingerprint density at radius 1 is 1.00 bits per heavy atom. The molecule has 0 bridgehead atoms. The van der Waals surface area contributed by atoms with Crippen molar-refractivity contribution in [2.45, 2.75) is 6.92 Å². The van der Waals surface area contributed by atoms with Gasteiger partial charge in [-0.05, 0) is 29.8 Å². The number of hydrogen-bond donors (Lipinski definition) is 0. The van der Waals surface area contributed by atoms with Crippen LogP contribution in [0.15, 0.2) is 53.9 Å². The van der Waals surface area contributed by atoms with Crippen LogP contribution >= 0.6 is 11.3 Å². The molecule has 0 atom stereocenters. The minimum absolute atomic E-state index is 0.130. The molecule has 0 radical (unpaired) electrons. The van der Waals surface area contributed by atoms with Gasteiger partial charge in [0.05, 0.1) is 5.56 Å². The van der Waals surface area contributed by atoms with Gasteiger partial charge in [-0.2, -0.15) is 0 Å². The number of thiophene rings is 1. The summed E-state index contributed by atoms with van der Waals surface area (Å²) in [6.45, 7) is 1.46. The Labute approximate surface area is 125 Å². The van der Waals surface area contributed by atoms with E-state index in [1.165, 1.54) is 18.3 Å². The Morgan fingerprint density at radius 2 is 1.81 bits per heavy atom. The van der Waals surface area contributed by atoms with Gasteiger partial charge in [-0.25, -0.2) is 4.79 Å². The lowest BCUT2D eigenvalue weighted by Gasteiger charge is -2.11. The normalized spacial score (nSPS) is 10.5. The Hall–Kier alpha value is -2.46. The van der Waals surface area contributed by atoms with Gasteiger partial charge < -0.3 is 4.74 Å². The van der Waals surface area contributed by atoms with Gasteiger partial charge in [-0.3, -0.25) is 4.79 Å². The van der Waals surface area contributed by atoms with E-state index in [1.54, 1.807) is 18.2 Å². The highest BCUT2D eigenvalue weighted by atomic mass is 32.1. The number of ketones is 1. The Balaban J connectivity index is 2.12. The van der Waals surface area contributed by atoms with Gasteiger partial charge in [0, 0.05) is 5.39 Å². The number of carbonyl (C=O) groups excluding carboxylic acids is 2. The summed E-state index contributed by atoms with van der Waals surface area (Å²) in [5.74, 6) is -0.238. The molecule has 2 aromatic carbocycles. The van der Waals surface area contributed by atoms with E-state index < -0.39 is 5.97 Å². The Kier molecular flexibility index (Phi) is 3.54. The van der Waals surface area contributed by atoms with Crippen molar-refractivity contribution in [1.82, 2.24) is 0 Å². The standard InChI is InChI=1S/C17H12O3S/c1-11(18)13-9-8-12-5-2-3-6-14(12)16(13)20-17(19)15-7-4-10-21-15/h2-10H,1H3. The Bertz CT molecular complexity index is 819. The van der Waals surface area contributed by atoms with Crippen LogP contribution in [0.3, 0.4) is 0 Å². The van der Waals surface area contributed by atoms with Crippen LogP contribution in [0.1, 0.15) is 27.0 Å². The maximum absolute atomic E-state index is 12.2. The molecule has 3 nitrogen and oxygen atoms in total. The third-order valence-corrected chi connectivity index (χ3v) is 4.03. The molecule has 104 valence electrons.